The molecule has 1 atom stereocenters. The number of halogens is 1. The van der Waals surface area contributed by atoms with Gasteiger partial charge >= 0.3 is 5.69 Å². The van der Waals surface area contributed by atoms with Crippen molar-refractivity contribution in [1.29, 1.82) is 0 Å². The molecule has 0 spiro atoms. The summed E-state index contributed by atoms with van der Waals surface area (Å²) in [4.78, 5) is 12.9. The van der Waals surface area contributed by atoms with E-state index in [4.69, 9.17) is 4.74 Å². The molecule has 0 aliphatic rings. The van der Waals surface area contributed by atoms with Crippen LogP contribution in [0.2, 0.25) is 0 Å². The smallest absolute Gasteiger partial charge is 0.329 e. The SMILES string of the molecule is CCn1c(=O)n(CC(O)COCc2ccccc2F)c2cc(S(=O)(=O)N(C)C)ccc21. The van der Waals surface area contributed by atoms with E-state index in [-0.39, 0.29) is 30.3 Å². The van der Waals surface area contributed by atoms with Crippen LogP contribution >= 0.6 is 0 Å². The maximum absolute atomic E-state index is 13.7. The molecule has 2 aromatic carbocycles. The third-order valence-corrected chi connectivity index (χ3v) is 6.82. The molecule has 0 radical (unpaired) electrons. The summed E-state index contributed by atoms with van der Waals surface area (Å²) in [5.74, 6) is -0.395. The quantitative estimate of drug-likeness (QED) is 0.535. The summed E-state index contributed by atoms with van der Waals surface area (Å²) in [7, 11) is -0.825. The van der Waals surface area contributed by atoms with Crippen molar-refractivity contribution < 1.29 is 22.7 Å². The van der Waals surface area contributed by atoms with E-state index in [1.165, 1.54) is 41.4 Å². The first-order chi connectivity index (χ1) is 14.7. The Kier molecular flexibility index (Phi) is 6.95. The molecule has 1 unspecified atom stereocenters. The molecule has 10 heteroatoms. The Morgan fingerprint density at radius 2 is 1.84 bits per heavy atom. The fourth-order valence-electron chi connectivity index (χ4n) is 3.34. The number of aryl methyl sites for hydroxylation is 1. The Balaban J connectivity index is 1.85. The second-order valence-electron chi connectivity index (χ2n) is 7.34. The highest BCUT2D eigenvalue weighted by atomic mass is 32.2. The first-order valence-corrected chi connectivity index (χ1v) is 11.3. The zero-order valence-electron chi connectivity index (χ0n) is 17.7. The molecule has 8 nitrogen and oxygen atoms in total. The molecule has 0 aliphatic heterocycles. The van der Waals surface area contributed by atoms with E-state index in [2.05, 4.69) is 0 Å². The van der Waals surface area contributed by atoms with Gasteiger partial charge in [0, 0.05) is 26.2 Å². The van der Waals surface area contributed by atoms with Crippen LogP contribution in [0.5, 0.6) is 0 Å². The molecule has 0 saturated carbocycles. The summed E-state index contributed by atoms with van der Waals surface area (Å²) >= 11 is 0. The number of sulfonamides is 1. The number of aliphatic hydroxyl groups excluding tert-OH is 1. The standard InChI is InChI=1S/C21H26FN3O5S/c1-4-24-19-10-9-17(31(28,29)23(2)3)11-20(19)25(21(24)27)12-16(26)14-30-13-15-7-5-6-8-18(15)22/h5-11,16,26H,4,12-14H2,1-3H3. The van der Waals surface area contributed by atoms with Crippen LogP contribution < -0.4 is 5.69 Å². The lowest BCUT2D eigenvalue weighted by Crippen LogP contribution is -2.30. The number of nitrogens with zero attached hydrogens (tertiary/aromatic N) is 3. The predicted octanol–water partition coefficient (Wildman–Crippen LogP) is 1.79. The average molecular weight is 452 g/mol. The van der Waals surface area contributed by atoms with Gasteiger partial charge in [0.05, 0.1) is 41.8 Å². The molecule has 0 bridgehead atoms. The Morgan fingerprint density at radius 3 is 2.48 bits per heavy atom. The van der Waals surface area contributed by atoms with Crippen molar-refractivity contribution in [3.05, 3.63) is 64.3 Å². The molecule has 3 rings (SSSR count). The summed E-state index contributed by atoms with van der Waals surface area (Å²) in [6.45, 7) is 1.98. The van der Waals surface area contributed by atoms with Gasteiger partial charge in [-0.2, -0.15) is 0 Å². The Bertz CT molecular complexity index is 1230. The molecule has 1 heterocycles. The van der Waals surface area contributed by atoms with Crippen LogP contribution in [0.1, 0.15) is 12.5 Å². The zero-order valence-corrected chi connectivity index (χ0v) is 18.5. The molecule has 3 aromatic rings. The van der Waals surface area contributed by atoms with Gasteiger partial charge < -0.3 is 9.84 Å². The third kappa shape index (κ3) is 4.72. The van der Waals surface area contributed by atoms with Gasteiger partial charge in [-0.25, -0.2) is 21.9 Å². The fourth-order valence-corrected chi connectivity index (χ4v) is 4.26. The molecule has 1 N–H and O–H groups in total. The number of hydrogen-bond donors (Lipinski definition) is 1. The molecule has 31 heavy (non-hydrogen) atoms. The molecule has 1 aromatic heterocycles. The van der Waals surface area contributed by atoms with Crippen molar-refractivity contribution in [3.8, 4) is 0 Å². The van der Waals surface area contributed by atoms with Crippen LogP contribution in [0.25, 0.3) is 11.0 Å². The lowest BCUT2D eigenvalue weighted by atomic mass is 10.2. The molecule has 0 aliphatic carbocycles. The first kappa shape index (κ1) is 23.1. The second-order valence-corrected chi connectivity index (χ2v) is 9.49. The topological polar surface area (TPSA) is 93.8 Å². The van der Waals surface area contributed by atoms with Gasteiger partial charge in [0.2, 0.25) is 10.0 Å². The Labute approximate surface area is 180 Å². The number of benzene rings is 2. The zero-order chi connectivity index (χ0) is 22.8. The first-order valence-electron chi connectivity index (χ1n) is 9.81. The van der Waals surface area contributed by atoms with Crippen LogP contribution in [0.3, 0.4) is 0 Å². The van der Waals surface area contributed by atoms with Crippen molar-refractivity contribution in [3.63, 3.8) is 0 Å². The van der Waals surface area contributed by atoms with Gasteiger partial charge in [-0.05, 0) is 31.2 Å². The van der Waals surface area contributed by atoms with Crippen LogP contribution in [-0.2, 0) is 34.5 Å². The number of ether oxygens (including phenoxy) is 1. The fraction of sp³-hybridized carbons (Fsp3) is 0.381. The molecule has 0 amide bonds. The highest BCUT2D eigenvalue weighted by Crippen LogP contribution is 2.21. The van der Waals surface area contributed by atoms with Crippen molar-refractivity contribution in [2.75, 3.05) is 20.7 Å². The number of aromatic nitrogens is 2. The van der Waals surface area contributed by atoms with Crippen LogP contribution in [-0.4, -0.2) is 53.8 Å². The van der Waals surface area contributed by atoms with Gasteiger partial charge in [0.15, 0.2) is 0 Å². The second kappa shape index (κ2) is 9.31. The van der Waals surface area contributed by atoms with Crippen molar-refractivity contribution in [1.82, 2.24) is 13.4 Å². The van der Waals surface area contributed by atoms with Crippen molar-refractivity contribution >= 4 is 21.1 Å². The molecular weight excluding hydrogens is 425 g/mol. The number of imidazole rings is 1. The number of hydrogen-bond acceptors (Lipinski definition) is 5. The summed E-state index contributed by atoms with van der Waals surface area (Å²) in [6.07, 6.45) is -1.05. The Morgan fingerprint density at radius 1 is 1.13 bits per heavy atom. The van der Waals surface area contributed by atoms with Crippen LogP contribution in [0, 0.1) is 5.82 Å². The highest BCUT2D eigenvalue weighted by Gasteiger charge is 2.21. The summed E-state index contributed by atoms with van der Waals surface area (Å²) in [6, 6.07) is 10.7. The van der Waals surface area contributed by atoms with Gasteiger partial charge in [-0.1, -0.05) is 18.2 Å². The van der Waals surface area contributed by atoms with E-state index in [0.29, 0.717) is 23.1 Å². The monoisotopic (exact) mass is 451 g/mol. The average Bonchev–Trinajstić information content (AvgIpc) is 2.99. The summed E-state index contributed by atoms with van der Waals surface area (Å²) < 4.78 is 48.0. The molecular formula is C21H26FN3O5S. The van der Waals surface area contributed by atoms with Crippen molar-refractivity contribution in [2.45, 2.75) is 37.6 Å². The minimum absolute atomic E-state index is 0.0133. The Hall–Kier alpha value is -2.53. The number of aliphatic hydroxyl groups is 1. The van der Waals surface area contributed by atoms with E-state index in [1.54, 1.807) is 24.3 Å². The van der Waals surface area contributed by atoms with Gasteiger partial charge in [0.1, 0.15) is 5.82 Å². The lowest BCUT2D eigenvalue weighted by Gasteiger charge is -2.14. The molecule has 0 fully saturated rings. The highest BCUT2D eigenvalue weighted by molar-refractivity contribution is 7.89. The summed E-state index contributed by atoms with van der Waals surface area (Å²) in [5.41, 5.74) is 0.991. The van der Waals surface area contributed by atoms with E-state index in [9.17, 15) is 22.7 Å². The van der Waals surface area contributed by atoms with E-state index in [0.717, 1.165) is 4.31 Å². The van der Waals surface area contributed by atoms with Crippen LogP contribution in [0.15, 0.2) is 52.2 Å². The van der Waals surface area contributed by atoms with Gasteiger partial charge in [-0.3, -0.25) is 9.13 Å². The van der Waals surface area contributed by atoms with Gasteiger partial charge in [0.25, 0.3) is 0 Å². The minimum Gasteiger partial charge on any atom is -0.389 e. The third-order valence-electron chi connectivity index (χ3n) is 5.00. The maximum atomic E-state index is 13.7. The summed E-state index contributed by atoms with van der Waals surface area (Å²) in [5, 5.41) is 10.4. The minimum atomic E-state index is -3.69. The lowest BCUT2D eigenvalue weighted by molar-refractivity contribution is 0.0195. The normalized spacial score (nSPS) is 13.2. The largest absolute Gasteiger partial charge is 0.389 e. The molecule has 168 valence electrons. The number of rotatable bonds is 9. The van der Waals surface area contributed by atoms with Crippen LogP contribution in [0.4, 0.5) is 4.39 Å². The molecule has 0 saturated heterocycles. The van der Waals surface area contributed by atoms with E-state index in [1.807, 2.05) is 6.92 Å². The van der Waals surface area contributed by atoms with Gasteiger partial charge in [-0.15, -0.1) is 0 Å². The maximum Gasteiger partial charge on any atom is 0.329 e. The van der Waals surface area contributed by atoms with E-state index < -0.39 is 21.9 Å². The van der Waals surface area contributed by atoms with E-state index >= 15 is 0 Å². The predicted molar refractivity (Wildman–Crippen MR) is 115 cm³/mol. The number of fused-ring (bicyclic) bond motifs is 1. The van der Waals surface area contributed by atoms with Crippen molar-refractivity contribution in [2.24, 2.45) is 0 Å².